The van der Waals surface area contributed by atoms with E-state index in [0.717, 1.165) is 48.3 Å². The first-order valence-corrected chi connectivity index (χ1v) is 10.4. The lowest BCUT2D eigenvalue weighted by molar-refractivity contribution is 0.0622. The molecule has 0 saturated carbocycles. The summed E-state index contributed by atoms with van der Waals surface area (Å²) in [4.78, 5) is 16.7. The number of hydrogen-bond acceptors (Lipinski definition) is 5. The van der Waals surface area contributed by atoms with Crippen molar-refractivity contribution < 1.29 is 9.53 Å². The van der Waals surface area contributed by atoms with Gasteiger partial charge in [0, 0.05) is 31.5 Å². The number of fused-ring (bicyclic) bond motifs is 1. The Kier molecular flexibility index (Phi) is 6.13. The SMILES string of the molecule is CC(NC(=O)Nc1cc2[nH]nc(NC(C)C3CCOCC3)c2cn1)c1ccccc1. The fraction of sp³-hybridized carbons (Fsp3) is 0.409. The third-order valence-electron chi connectivity index (χ3n) is 5.67. The van der Waals surface area contributed by atoms with E-state index < -0.39 is 0 Å². The lowest BCUT2D eigenvalue weighted by Gasteiger charge is -2.28. The second kappa shape index (κ2) is 9.13. The van der Waals surface area contributed by atoms with E-state index in [2.05, 4.69) is 38.1 Å². The maximum atomic E-state index is 12.3. The summed E-state index contributed by atoms with van der Waals surface area (Å²) in [6, 6.07) is 11.5. The molecule has 2 aromatic heterocycles. The van der Waals surface area contributed by atoms with Gasteiger partial charge >= 0.3 is 6.03 Å². The molecule has 2 amide bonds. The van der Waals surface area contributed by atoms with Crippen LogP contribution >= 0.6 is 0 Å². The van der Waals surface area contributed by atoms with Crippen molar-refractivity contribution in [1.82, 2.24) is 20.5 Å². The van der Waals surface area contributed by atoms with Crippen LogP contribution in [0.15, 0.2) is 42.6 Å². The normalized spacial score (nSPS) is 16.7. The molecule has 2 unspecified atom stereocenters. The number of carbonyl (C=O) groups is 1. The van der Waals surface area contributed by atoms with E-state index >= 15 is 0 Å². The topological polar surface area (TPSA) is 104 Å². The highest BCUT2D eigenvalue weighted by molar-refractivity contribution is 5.94. The van der Waals surface area contributed by atoms with Gasteiger partial charge in [0.2, 0.25) is 0 Å². The van der Waals surface area contributed by atoms with E-state index in [0.29, 0.717) is 17.8 Å². The van der Waals surface area contributed by atoms with E-state index in [4.69, 9.17) is 4.74 Å². The summed E-state index contributed by atoms with van der Waals surface area (Å²) >= 11 is 0. The van der Waals surface area contributed by atoms with Crippen LogP contribution in [0.5, 0.6) is 0 Å². The summed E-state index contributed by atoms with van der Waals surface area (Å²) in [6.07, 6.45) is 3.84. The Balaban J connectivity index is 1.38. The van der Waals surface area contributed by atoms with E-state index in [9.17, 15) is 4.79 Å². The molecule has 0 bridgehead atoms. The molecule has 1 aliphatic heterocycles. The first-order chi connectivity index (χ1) is 14.6. The summed E-state index contributed by atoms with van der Waals surface area (Å²) in [6.45, 7) is 5.76. The Morgan fingerprint density at radius 2 is 1.97 bits per heavy atom. The quantitative estimate of drug-likeness (QED) is 0.492. The van der Waals surface area contributed by atoms with Crippen LogP contribution in [0.4, 0.5) is 16.4 Å². The number of anilines is 2. The van der Waals surface area contributed by atoms with Gasteiger partial charge in [0.1, 0.15) is 5.82 Å². The summed E-state index contributed by atoms with van der Waals surface area (Å²) in [7, 11) is 0. The highest BCUT2D eigenvalue weighted by atomic mass is 16.5. The monoisotopic (exact) mass is 408 g/mol. The van der Waals surface area contributed by atoms with Crippen molar-refractivity contribution in [3.05, 3.63) is 48.2 Å². The van der Waals surface area contributed by atoms with Crippen LogP contribution in [-0.4, -0.2) is 40.5 Å². The van der Waals surface area contributed by atoms with Crippen molar-refractivity contribution in [2.45, 2.75) is 38.8 Å². The number of aromatic nitrogens is 3. The molecule has 158 valence electrons. The highest BCUT2D eigenvalue weighted by Gasteiger charge is 2.22. The zero-order valence-electron chi connectivity index (χ0n) is 17.3. The third-order valence-corrected chi connectivity index (χ3v) is 5.67. The molecule has 4 N–H and O–H groups in total. The molecule has 3 aromatic rings. The number of aromatic amines is 1. The van der Waals surface area contributed by atoms with Crippen molar-refractivity contribution in [3.63, 3.8) is 0 Å². The van der Waals surface area contributed by atoms with Gasteiger partial charge < -0.3 is 15.4 Å². The van der Waals surface area contributed by atoms with Crippen LogP contribution in [0.1, 0.15) is 38.3 Å². The zero-order valence-corrected chi connectivity index (χ0v) is 17.3. The van der Waals surface area contributed by atoms with Crippen molar-refractivity contribution in [1.29, 1.82) is 0 Å². The lowest BCUT2D eigenvalue weighted by Crippen LogP contribution is -2.31. The minimum absolute atomic E-state index is 0.107. The van der Waals surface area contributed by atoms with Gasteiger partial charge in [-0.2, -0.15) is 5.10 Å². The van der Waals surface area contributed by atoms with E-state index in [-0.39, 0.29) is 12.1 Å². The van der Waals surface area contributed by atoms with Crippen molar-refractivity contribution in [3.8, 4) is 0 Å². The highest BCUT2D eigenvalue weighted by Crippen LogP contribution is 2.26. The molecule has 0 aliphatic carbocycles. The number of H-pyrrole nitrogens is 1. The van der Waals surface area contributed by atoms with Gasteiger partial charge in [0.15, 0.2) is 5.82 Å². The Morgan fingerprint density at radius 3 is 2.73 bits per heavy atom. The predicted molar refractivity (Wildman–Crippen MR) is 118 cm³/mol. The maximum Gasteiger partial charge on any atom is 0.320 e. The lowest BCUT2D eigenvalue weighted by atomic mass is 9.93. The molecular weight excluding hydrogens is 380 g/mol. The second-order valence-corrected chi connectivity index (χ2v) is 7.80. The van der Waals surface area contributed by atoms with Gasteiger partial charge in [-0.15, -0.1) is 0 Å². The van der Waals surface area contributed by atoms with Gasteiger partial charge in [-0.05, 0) is 38.2 Å². The maximum absolute atomic E-state index is 12.3. The van der Waals surface area contributed by atoms with E-state index in [1.165, 1.54) is 0 Å². The number of carbonyl (C=O) groups excluding carboxylic acids is 1. The standard InChI is InChI=1S/C22H28N6O2/c1-14(17-8-10-30-11-9-17)24-21-18-13-23-20(12-19(18)27-28-21)26-22(29)25-15(2)16-6-4-3-5-7-16/h3-7,12-15,17H,8-11H2,1-2H3,(H2,24,27,28)(H2,23,25,26,29). The predicted octanol–water partition coefficient (Wildman–Crippen LogP) is 4.07. The molecule has 1 fully saturated rings. The molecule has 1 aromatic carbocycles. The van der Waals surface area contributed by atoms with Crippen LogP contribution in [0.2, 0.25) is 0 Å². The molecular formula is C22H28N6O2. The first kappa shape index (κ1) is 20.2. The van der Waals surface area contributed by atoms with Gasteiger partial charge in [0.25, 0.3) is 0 Å². The van der Waals surface area contributed by atoms with Crippen molar-refractivity contribution in [2.24, 2.45) is 5.92 Å². The number of benzene rings is 1. The number of nitrogens with zero attached hydrogens (tertiary/aromatic N) is 2. The molecule has 4 rings (SSSR count). The number of amides is 2. The van der Waals surface area contributed by atoms with Crippen LogP contribution in [0.3, 0.4) is 0 Å². The van der Waals surface area contributed by atoms with Gasteiger partial charge in [-0.1, -0.05) is 30.3 Å². The molecule has 1 aliphatic rings. The largest absolute Gasteiger partial charge is 0.381 e. The summed E-state index contributed by atoms with van der Waals surface area (Å²) < 4.78 is 5.45. The molecule has 3 heterocycles. The number of nitrogens with one attached hydrogen (secondary N) is 4. The minimum Gasteiger partial charge on any atom is -0.381 e. The summed E-state index contributed by atoms with van der Waals surface area (Å²) in [5.41, 5.74) is 1.86. The van der Waals surface area contributed by atoms with Crippen LogP contribution < -0.4 is 16.0 Å². The second-order valence-electron chi connectivity index (χ2n) is 7.80. The van der Waals surface area contributed by atoms with Crippen LogP contribution in [0.25, 0.3) is 10.9 Å². The van der Waals surface area contributed by atoms with E-state index in [1.54, 1.807) is 12.3 Å². The van der Waals surface area contributed by atoms with Gasteiger partial charge in [-0.3, -0.25) is 10.4 Å². The summed E-state index contributed by atoms with van der Waals surface area (Å²) in [5, 5.41) is 17.5. The van der Waals surface area contributed by atoms with E-state index in [1.807, 2.05) is 37.3 Å². The molecule has 8 nitrogen and oxygen atoms in total. The Labute approximate surface area is 175 Å². The molecule has 30 heavy (non-hydrogen) atoms. The van der Waals surface area contributed by atoms with Gasteiger partial charge in [0.05, 0.1) is 16.9 Å². The number of urea groups is 1. The average molecular weight is 409 g/mol. The molecule has 2 atom stereocenters. The zero-order chi connectivity index (χ0) is 20.9. The molecule has 0 radical (unpaired) electrons. The molecule has 8 heteroatoms. The van der Waals surface area contributed by atoms with Gasteiger partial charge in [-0.25, -0.2) is 9.78 Å². The Morgan fingerprint density at radius 1 is 1.20 bits per heavy atom. The fourth-order valence-electron chi connectivity index (χ4n) is 3.81. The average Bonchev–Trinajstić information content (AvgIpc) is 3.16. The molecule has 0 spiro atoms. The minimum atomic E-state index is -0.302. The van der Waals surface area contributed by atoms with Crippen LogP contribution in [-0.2, 0) is 4.74 Å². The number of pyridine rings is 1. The molecule has 1 saturated heterocycles. The Hall–Kier alpha value is -3.13. The smallest absolute Gasteiger partial charge is 0.320 e. The van der Waals surface area contributed by atoms with Crippen LogP contribution in [0, 0.1) is 5.92 Å². The Bertz CT molecular complexity index is 984. The third kappa shape index (κ3) is 4.71. The number of ether oxygens (including phenoxy) is 1. The number of rotatable bonds is 6. The van der Waals surface area contributed by atoms with Crippen molar-refractivity contribution >= 4 is 28.6 Å². The fourth-order valence-corrected chi connectivity index (χ4v) is 3.81. The summed E-state index contributed by atoms with van der Waals surface area (Å²) in [5.74, 6) is 1.81. The first-order valence-electron chi connectivity index (χ1n) is 10.4. The number of hydrogen-bond donors (Lipinski definition) is 4. The van der Waals surface area contributed by atoms with Crippen molar-refractivity contribution in [2.75, 3.05) is 23.8 Å².